The van der Waals surface area contributed by atoms with E-state index in [1.807, 2.05) is 6.92 Å². The molecule has 1 rings (SSSR count). The second kappa shape index (κ2) is 2.68. The molecule has 0 amide bonds. The highest BCUT2D eigenvalue weighted by Crippen LogP contribution is 2.15. The Hall–Kier alpha value is -0.0600. The van der Waals surface area contributed by atoms with Crippen LogP contribution in [0, 0.1) is 10.5 Å². The predicted molar refractivity (Wildman–Crippen MR) is 43.3 cm³/mol. The van der Waals surface area contributed by atoms with E-state index in [9.17, 15) is 0 Å². The van der Waals surface area contributed by atoms with Crippen LogP contribution in [0.2, 0.25) is 0 Å². The Morgan fingerprint density at radius 1 is 1.67 bits per heavy atom. The number of aryl methyl sites for hydroxylation is 2. The van der Waals surface area contributed by atoms with Crippen molar-refractivity contribution >= 4 is 22.6 Å². The van der Waals surface area contributed by atoms with Crippen molar-refractivity contribution in [2.24, 2.45) is 0 Å². The molecule has 0 fully saturated rings. The molecule has 0 aromatic carbocycles. The lowest BCUT2D eigenvalue weighted by atomic mass is 10.3. The van der Waals surface area contributed by atoms with E-state index in [0.717, 1.165) is 21.4 Å². The van der Waals surface area contributed by atoms with Gasteiger partial charge < -0.3 is 4.52 Å². The molecule has 0 atom stereocenters. The molecule has 1 aromatic heterocycles. The van der Waals surface area contributed by atoms with E-state index in [2.05, 4.69) is 34.7 Å². The minimum absolute atomic E-state index is 0.930. The number of halogens is 1. The summed E-state index contributed by atoms with van der Waals surface area (Å²) < 4.78 is 6.15. The Balaban J connectivity index is 3.04. The highest BCUT2D eigenvalue weighted by atomic mass is 127. The van der Waals surface area contributed by atoms with Crippen LogP contribution in [-0.4, -0.2) is 5.16 Å². The van der Waals surface area contributed by atoms with E-state index in [1.54, 1.807) is 0 Å². The van der Waals surface area contributed by atoms with Gasteiger partial charge in [-0.3, -0.25) is 0 Å². The zero-order chi connectivity index (χ0) is 6.85. The van der Waals surface area contributed by atoms with Crippen LogP contribution in [0.25, 0.3) is 0 Å². The summed E-state index contributed by atoms with van der Waals surface area (Å²) in [5.74, 6) is 0.994. The average Bonchev–Trinajstić information content (AvgIpc) is 2.15. The first-order valence-corrected chi connectivity index (χ1v) is 3.94. The Morgan fingerprint density at radius 3 is 2.56 bits per heavy atom. The average molecular weight is 237 g/mol. The van der Waals surface area contributed by atoms with Crippen molar-refractivity contribution in [2.45, 2.75) is 20.3 Å². The van der Waals surface area contributed by atoms with Gasteiger partial charge in [-0.25, -0.2) is 0 Å². The summed E-state index contributed by atoms with van der Waals surface area (Å²) >= 11 is 2.24. The summed E-state index contributed by atoms with van der Waals surface area (Å²) in [4.78, 5) is 0. The molecule has 0 bridgehead atoms. The molecule has 2 nitrogen and oxygen atoms in total. The third-order valence-electron chi connectivity index (χ3n) is 1.18. The third-order valence-corrected chi connectivity index (χ3v) is 2.56. The molecule has 0 unspecified atom stereocenters. The highest BCUT2D eigenvalue weighted by molar-refractivity contribution is 14.1. The fraction of sp³-hybridized carbons (Fsp3) is 0.500. The number of rotatable bonds is 1. The zero-order valence-electron chi connectivity index (χ0n) is 5.44. The van der Waals surface area contributed by atoms with Crippen LogP contribution in [0.5, 0.6) is 0 Å². The van der Waals surface area contributed by atoms with Gasteiger partial charge in [-0.1, -0.05) is 12.1 Å². The van der Waals surface area contributed by atoms with Gasteiger partial charge >= 0.3 is 0 Å². The van der Waals surface area contributed by atoms with Crippen LogP contribution in [-0.2, 0) is 6.42 Å². The Morgan fingerprint density at radius 2 is 2.33 bits per heavy atom. The van der Waals surface area contributed by atoms with Gasteiger partial charge in [0.15, 0.2) is 0 Å². The van der Waals surface area contributed by atoms with E-state index in [-0.39, 0.29) is 0 Å². The zero-order valence-corrected chi connectivity index (χ0v) is 7.60. The largest absolute Gasteiger partial charge is 0.360 e. The minimum atomic E-state index is 0.930. The van der Waals surface area contributed by atoms with E-state index < -0.39 is 0 Å². The smallest absolute Gasteiger partial charge is 0.150 e. The molecule has 9 heavy (non-hydrogen) atoms. The molecule has 1 heterocycles. The molecule has 0 aliphatic rings. The Bertz CT molecular complexity index is 207. The van der Waals surface area contributed by atoms with Gasteiger partial charge in [0.25, 0.3) is 0 Å². The lowest BCUT2D eigenvalue weighted by Gasteiger charge is -1.84. The van der Waals surface area contributed by atoms with Crippen LogP contribution in [0.15, 0.2) is 4.52 Å². The van der Waals surface area contributed by atoms with Crippen LogP contribution < -0.4 is 0 Å². The van der Waals surface area contributed by atoms with Crippen molar-refractivity contribution in [1.29, 1.82) is 0 Å². The van der Waals surface area contributed by atoms with Crippen molar-refractivity contribution < 1.29 is 4.52 Å². The molecular weight excluding hydrogens is 229 g/mol. The van der Waals surface area contributed by atoms with Crippen LogP contribution in [0.4, 0.5) is 0 Å². The molecule has 0 saturated heterocycles. The SMILES string of the molecule is CCc1onc(C)c1I. The summed E-state index contributed by atoms with van der Waals surface area (Å²) in [5, 5.41) is 3.80. The van der Waals surface area contributed by atoms with Gasteiger partial charge in [-0.15, -0.1) is 0 Å². The maximum atomic E-state index is 4.99. The summed E-state index contributed by atoms with van der Waals surface area (Å²) in [5.41, 5.74) is 0.993. The van der Waals surface area contributed by atoms with Crippen molar-refractivity contribution in [3.05, 3.63) is 15.0 Å². The van der Waals surface area contributed by atoms with Gasteiger partial charge in [-0.2, -0.15) is 0 Å². The minimum Gasteiger partial charge on any atom is -0.360 e. The number of aromatic nitrogens is 1. The van der Waals surface area contributed by atoms with E-state index >= 15 is 0 Å². The third kappa shape index (κ3) is 1.26. The van der Waals surface area contributed by atoms with Gasteiger partial charge in [0.05, 0.1) is 9.26 Å². The quantitative estimate of drug-likeness (QED) is 0.699. The van der Waals surface area contributed by atoms with Crippen molar-refractivity contribution in [2.75, 3.05) is 0 Å². The standard InChI is InChI=1S/C6H8INO/c1-3-5-6(7)4(2)8-9-5/h3H2,1-2H3. The maximum absolute atomic E-state index is 4.99. The predicted octanol–water partition coefficient (Wildman–Crippen LogP) is 2.15. The molecule has 0 aliphatic heterocycles. The molecule has 0 saturated carbocycles. The summed E-state index contributed by atoms with van der Waals surface area (Å²) in [6.45, 7) is 4.01. The van der Waals surface area contributed by atoms with Gasteiger partial charge in [0.2, 0.25) is 0 Å². The molecule has 0 N–H and O–H groups in total. The van der Waals surface area contributed by atoms with Crippen LogP contribution >= 0.6 is 22.6 Å². The molecule has 0 spiro atoms. The summed E-state index contributed by atoms with van der Waals surface area (Å²) in [7, 11) is 0. The lowest BCUT2D eigenvalue weighted by Crippen LogP contribution is -1.78. The fourth-order valence-electron chi connectivity index (χ4n) is 0.625. The van der Waals surface area contributed by atoms with Crippen LogP contribution in [0.3, 0.4) is 0 Å². The fourth-order valence-corrected chi connectivity index (χ4v) is 1.20. The van der Waals surface area contributed by atoms with Gasteiger partial charge in [-0.05, 0) is 29.5 Å². The normalized spacial score (nSPS) is 10.1. The second-order valence-electron chi connectivity index (χ2n) is 1.86. The summed E-state index contributed by atoms with van der Waals surface area (Å²) in [6.07, 6.45) is 0.930. The van der Waals surface area contributed by atoms with Crippen molar-refractivity contribution in [3.8, 4) is 0 Å². The van der Waals surface area contributed by atoms with Crippen molar-refractivity contribution in [1.82, 2.24) is 5.16 Å². The van der Waals surface area contributed by atoms with Gasteiger partial charge in [0.1, 0.15) is 5.76 Å². The number of hydrogen-bond donors (Lipinski definition) is 0. The maximum Gasteiger partial charge on any atom is 0.150 e. The topological polar surface area (TPSA) is 26.0 Å². The monoisotopic (exact) mass is 237 g/mol. The lowest BCUT2D eigenvalue weighted by molar-refractivity contribution is 0.382. The van der Waals surface area contributed by atoms with E-state index in [0.29, 0.717) is 0 Å². The van der Waals surface area contributed by atoms with Crippen molar-refractivity contribution in [3.63, 3.8) is 0 Å². The molecule has 3 heteroatoms. The first kappa shape index (κ1) is 7.05. The molecular formula is C6H8INO. The van der Waals surface area contributed by atoms with Gasteiger partial charge in [0, 0.05) is 6.42 Å². The van der Waals surface area contributed by atoms with Crippen LogP contribution in [0.1, 0.15) is 18.4 Å². The highest BCUT2D eigenvalue weighted by Gasteiger charge is 2.05. The van der Waals surface area contributed by atoms with E-state index in [1.165, 1.54) is 0 Å². The number of nitrogens with zero attached hydrogens (tertiary/aromatic N) is 1. The molecule has 50 valence electrons. The number of hydrogen-bond acceptors (Lipinski definition) is 2. The molecule has 1 aromatic rings. The Labute approximate surface area is 67.8 Å². The Kier molecular flexibility index (Phi) is 2.10. The summed E-state index contributed by atoms with van der Waals surface area (Å²) in [6, 6.07) is 0. The molecule has 0 aliphatic carbocycles. The molecule has 0 radical (unpaired) electrons. The first-order chi connectivity index (χ1) is 4.25. The van der Waals surface area contributed by atoms with E-state index in [4.69, 9.17) is 4.52 Å². The first-order valence-electron chi connectivity index (χ1n) is 2.86. The second-order valence-corrected chi connectivity index (χ2v) is 2.94.